The summed E-state index contributed by atoms with van der Waals surface area (Å²) in [7, 11) is 0. The molecule has 2 aromatic carbocycles. The molecule has 1 amide bonds. The summed E-state index contributed by atoms with van der Waals surface area (Å²) in [5.41, 5.74) is 1.55. The number of halogens is 1. The molecule has 0 radical (unpaired) electrons. The zero-order chi connectivity index (χ0) is 19.4. The molecule has 0 heterocycles. The number of fused-ring (bicyclic) bond motifs is 1. The van der Waals surface area contributed by atoms with Crippen molar-refractivity contribution in [1.29, 1.82) is 0 Å². The molecule has 3 rings (SSSR count). The van der Waals surface area contributed by atoms with Gasteiger partial charge in [0, 0.05) is 11.1 Å². The molecular weight excluding hydrogens is 372 g/mol. The fraction of sp³-hybridized carbons (Fsp3) is 0.263. The summed E-state index contributed by atoms with van der Waals surface area (Å²) < 4.78 is 4.95. The van der Waals surface area contributed by atoms with E-state index in [-0.39, 0.29) is 16.6 Å². The lowest BCUT2D eigenvalue weighted by Gasteiger charge is -2.26. The van der Waals surface area contributed by atoms with Crippen LogP contribution in [0.15, 0.2) is 42.5 Å². The molecule has 1 N–H and O–H groups in total. The number of carbonyl (C=O) groups is 2. The predicted molar refractivity (Wildman–Crippen MR) is 98.7 cm³/mol. The van der Waals surface area contributed by atoms with Crippen LogP contribution in [-0.4, -0.2) is 23.4 Å². The largest absolute Gasteiger partial charge is 0.452 e. The molecule has 0 aromatic heterocycles. The van der Waals surface area contributed by atoms with Crippen molar-refractivity contribution in [2.75, 3.05) is 6.61 Å². The van der Waals surface area contributed by atoms with Crippen LogP contribution in [0.1, 0.15) is 40.4 Å². The average Bonchev–Trinajstić information content (AvgIpc) is 2.66. The zero-order valence-electron chi connectivity index (χ0n) is 14.3. The summed E-state index contributed by atoms with van der Waals surface area (Å²) in [6, 6.07) is 11.4. The van der Waals surface area contributed by atoms with Crippen molar-refractivity contribution in [1.82, 2.24) is 5.32 Å². The highest BCUT2D eigenvalue weighted by Gasteiger charge is 2.24. The molecule has 0 spiro atoms. The number of amides is 1. The zero-order valence-corrected chi connectivity index (χ0v) is 15.1. The number of aryl methyl sites for hydroxylation is 1. The number of carbonyl (C=O) groups excluding carboxylic acids is 2. The van der Waals surface area contributed by atoms with Gasteiger partial charge in [-0.2, -0.15) is 0 Å². The molecule has 7 nitrogen and oxygen atoms in total. The van der Waals surface area contributed by atoms with Gasteiger partial charge in [-0.1, -0.05) is 35.9 Å². The summed E-state index contributed by atoms with van der Waals surface area (Å²) in [5, 5.41) is 14.0. The first-order valence-corrected chi connectivity index (χ1v) is 8.81. The standard InChI is InChI=1S/C19H17ClN2O5/c20-13-8-9-15(17(10-13)22(25)26)19(24)27-11-18(23)21-16-7-3-5-12-4-1-2-6-14(12)16/h1-2,4,6,8-10,16H,3,5,7,11H2,(H,21,23)/t16-/m1/s1. The van der Waals surface area contributed by atoms with Crippen molar-refractivity contribution in [3.05, 3.63) is 74.3 Å². The van der Waals surface area contributed by atoms with Crippen molar-refractivity contribution in [3.63, 3.8) is 0 Å². The Morgan fingerprint density at radius 2 is 2.04 bits per heavy atom. The lowest BCUT2D eigenvalue weighted by molar-refractivity contribution is -0.385. The number of nitro benzene ring substituents is 1. The Kier molecular flexibility index (Phi) is 5.71. The van der Waals surface area contributed by atoms with E-state index in [4.69, 9.17) is 16.3 Å². The highest BCUT2D eigenvalue weighted by molar-refractivity contribution is 6.31. The maximum Gasteiger partial charge on any atom is 0.345 e. The van der Waals surface area contributed by atoms with E-state index in [1.165, 1.54) is 17.7 Å². The second kappa shape index (κ2) is 8.18. The van der Waals surface area contributed by atoms with Crippen molar-refractivity contribution in [3.8, 4) is 0 Å². The van der Waals surface area contributed by atoms with Crippen LogP contribution in [0.3, 0.4) is 0 Å². The Morgan fingerprint density at radius 3 is 2.81 bits per heavy atom. The number of nitro groups is 1. The SMILES string of the molecule is O=C(COC(=O)c1ccc(Cl)cc1[N+](=O)[O-])N[C@@H]1CCCc2ccccc21. The molecule has 27 heavy (non-hydrogen) atoms. The summed E-state index contributed by atoms with van der Waals surface area (Å²) in [6.45, 7) is -0.517. The van der Waals surface area contributed by atoms with Crippen LogP contribution < -0.4 is 5.32 Å². The van der Waals surface area contributed by atoms with E-state index < -0.39 is 29.1 Å². The summed E-state index contributed by atoms with van der Waals surface area (Å²) in [4.78, 5) is 34.6. The number of esters is 1. The van der Waals surface area contributed by atoms with E-state index in [0.717, 1.165) is 30.9 Å². The minimum Gasteiger partial charge on any atom is -0.452 e. The number of nitrogens with zero attached hydrogens (tertiary/aromatic N) is 1. The van der Waals surface area contributed by atoms with Gasteiger partial charge >= 0.3 is 5.97 Å². The summed E-state index contributed by atoms with van der Waals surface area (Å²) in [5.74, 6) is -1.40. The van der Waals surface area contributed by atoms with Gasteiger partial charge in [-0.3, -0.25) is 14.9 Å². The van der Waals surface area contributed by atoms with Crippen molar-refractivity contribution < 1.29 is 19.2 Å². The summed E-state index contributed by atoms with van der Waals surface area (Å²) >= 11 is 5.72. The van der Waals surface area contributed by atoms with E-state index in [9.17, 15) is 19.7 Å². The Labute approximate surface area is 160 Å². The minimum absolute atomic E-state index is 0.131. The molecule has 0 saturated carbocycles. The molecular formula is C19H17ClN2O5. The molecule has 0 aliphatic heterocycles. The molecule has 1 aliphatic carbocycles. The number of benzene rings is 2. The van der Waals surface area contributed by atoms with E-state index >= 15 is 0 Å². The van der Waals surface area contributed by atoms with E-state index in [0.29, 0.717) is 0 Å². The van der Waals surface area contributed by atoms with Crippen LogP contribution in [0.25, 0.3) is 0 Å². The summed E-state index contributed by atoms with van der Waals surface area (Å²) in [6.07, 6.45) is 2.73. The molecule has 0 bridgehead atoms. The van der Waals surface area contributed by atoms with Gasteiger partial charge in [0.1, 0.15) is 5.56 Å². The highest BCUT2D eigenvalue weighted by atomic mass is 35.5. The quantitative estimate of drug-likeness (QED) is 0.479. The normalized spacial score (nSPS) is 15.5. The van der Waals surface area contributed by atoms with E-state index in [1.54, 1.807) is 0 Å². The maximum absolute atomic E-state index is 12.2. The van der Waals surface area contributed by atoms with Gasteiger partial charge in [-0.05, 0) is 42.5 Å². The van der Waals surface area contributed by atoms with Gasteiger partial charge < -0.3 is 10.1 Å². The molecule has 140 valence electrons. The van der Waals surface area contributed by atoms with Crippen LogP contribution >= 0.6 is 11.6 Å². The predicted octanol–water partition coefficient (Wildman–Crippen LogP) is 3.60. The lowest BCUT2D eigenvalue weighted by atomic mass is 9.88. The molecule has 8 heteroatoms. The van der Waals surface area contributed by atoms with E-state index in [2.05, 4.69) is 5.32 Å². The van der Waals surface area contributed by atoms with Crippen LogP contribution in [0.5, 0.6) is 0 Å². The second-order valence-electron chi connectivity index (χ2n) is 6.21. The average molecular weight is 389 g/mol. The maximum atomic E-state index is 12.2. The Morgan fingerprint density at radius 1 is 1.26 bits per heavy atom. The lowest BCUT2D eigenvalue weighted by Crippen LogP contribution is -2.34. The first-order chi connectivity index (χ1) is 13.0. The first-order valence-electron chi connectivity index (χ1n) is 8.44. The van der Waals surface area contributed by atoms with Gasteiger partial charge in [-0.25, -0.2) is 4.79 Å². The van der Waals surface area contributed by atoms with Crippen molar-refractivity contribution >= 4 is 29.2 Å². The highest BCUT2D eigenvalue weighted by Crippen LogP contribution is 2.29. The van der Waals surface area contributed by atoms with Gasteiger partial charge in [-0.15, -0.1) is 0 Å². The van der Waals surface area contributed by atoms with E-state index in [1.807, 2.05) is 24.3 Å². The third-order valence-electron chi connectivity index (χ3n) is 4.42. The number of rotatable bonds is 5. The molecule has 0 unspecified atom stereocenters. The topological polar surface area (TPSA) is 98.5 Å². The van der Waals surface area contributed by atoms with Crippen molar-refractivity contribution in [2.45, 2.75) is 25.3 Å². The third-order valence-corrected chi connectivity index (χ3v) is 4.65. The Bertz CT molecular complexity index is 899. The Balaban J connectivity index is 1.62. The molecule has 0 saturated heterocycles. The molecule has 1 aliphatic rings. The van der Waals surface area contributed by atoms with Gasteiger partial charge in [0.25, 0.3) is 11.6 Å². The van der Waals surface area contributed by atoms with Gasteiger partial charge in [0.15, 0.2) is 6.61 Å². The molecule has 2 aromatic rings. The third kappa shape index (κ3) is 4.43. The fourth-order valence-electron chi connectivity index (χ4n) is 3.18. The molecule has 1 atom stereocenters. The fourth-order valence-corrected chi connectivity index (χ4v) is 3.34. The minimum atomic E-state index is -0.947. The number of hydrogen-bond acceptors (Lipinski definition) is 5. The smallest absolute Gasteiger partial charge is 0.345 e. The second-order valence-corrected chi connectivity index (χ2v) is 6.64. The van der Waals surface area contributed by atoms with Gasteiger partial charge in [0.05, 0.1) is 11.0 Å². The number of ether oxygens (including phenoxy) is 1. The Hall–Kier alpha value is -2.93. The van der Waals surface area contributed by atoms with Crippen LogP contribution in [-0.2, 0) is 16.0 Å². The monoisotopic (exact) mass is 388 g/mol. The van der Waals surface area contributed by atoms with Gasteiger partial charge in [0.2, 0.25) is 0 Å². The first kappa shape index (κ1) is 18.8. The van der Waals surface area contributed by atoms with Crippen LogP contribution in [0.4, 0.5) is 5.69 Å². The van der Waals surface area contributed by atoms with Crippen molar-refractivity contribution in [2.24, 2.45) is 0 Å². The molecule has 0 fully saturated rings. The number of nitrogens with one attached hydrogen (secondary N) is 1. The van der Waals surface area contributed by atoms with Crippen LogP contribution in [0.2, 0.25) is 5.02 Å². The van der Waals surface area contributed by atoms with Crippen LogP contribution in [0, 0.1) is 10.1 Å². The number of hydrogen-bond donors (Lipinski definition) is 1.